The molecule has 0 unspecified atom stereocenters. The number of H-pyrrole nitrogens is 1. The van der Waals surface area contributed by atoms with Gasteiger partial charge in [0.25, 0.3) is 0 Å². The Hall–Kier alpha value is -3.33. The van der Waals surface area contributed by atoms with Crippen molar-refractivity contribution in [3.8, 4) is 11.3 Å². The minimum absolute atomic E-state index is 0.0970. The number of hydrogen-bond acceptors (Lipinski definition) is 6. The molecule has 0 radical (unpaired) electrons. The van der Waals surface area contributed by atoms with Crippen LogP contribution < -0.4 is 10.6 Å². The molecular formula is C18H16ClF2N7. The number of halogens is 3. The van der Waals surface area contributed by atoms with Gasteiger partial charge in [-0.15, -0.1) is 0 Å². The maximum atomic E-state index is 14.0. The van der Waals surface area contributed by atoms with E-state index < -0.39 is 11.6 Å². The predicted molar refractivity (Wildman–Crippen MR) is 105 cm³/mol. The maximum absolute atomic E-state index is 14.0. The molecule has 3 rings (SSSR count). The highest BCUT2D eigenvalue weighted by Crippen LogP contribution is 2.34. The first-order valence-electron chi connectivity index (χ1n) is 8.12. The highest BCUT2D eigenvalue weighted by molar-refractivity contribution is 6.35. The molecule has 0 saturated heterocycles. The molecule has 1 aromatic carbocycles. The summed E-state index contributed by atoms with van der Waals surface area (Å²) in [4.78, 5) is 8.20. The third-order valence-corrected chi connectivity index (χ3v) is 3.95. The Morgan fingerprint density at radius 2 is 1.93 bits per heavy atom. The minimum atomic E-state index is -0.755. The Labute approximate surface area is 164 Å². The Kier molecular flexibility index (Phi) is 5.65. The molecule has 0 aliphatic carbocycles. The highest BCUT2D eigenvalue weighted by Gasteiger charge is 2.17. The monoisotopic (exact) mass is 403 g/mol. The van der Waals surface area contributed by atoms with Crippen LogP contribution in [-0.2, 0) is 0 Å². The topological polar surface area (TPSA) is 102 Å². The highest BCUT2D eigenvalue weighted by atomic mass is 35.5. The molecule has 0 spiro atoms. The summed E-state index contributed by atoms with van der Waals surface area (Å²) in [6.07, 6.45) is 3.00. The van der Waals surface area contributed by atoms with Gasteiger partial charge in [0.05, 0.1) is 5.69 Å². The van der Waals surface area contributed by atoms with E-state index in [0.717, 1.165) is 17.8 Å². The first-order chi connectivity index (χ1) is 13.3. The van der Waals surface area contributed by atoms with Crippen LogP contribution in [0.15, 0.2) is 42.4 Å². The Morgan fingerprint density at radius 3 is 2.64 bits per heavy atom. The van der Waals surface area contributed by atoms with Crippen LogP contribution in [0.25, 0.3) is 11.3 Å². The molecule has 10 heteroatoms. The molecule has 28 heavy (non-hydrogen) atoms. The number of hydrogen-bond donors (Lipinski definition) is 4. The summed E-state index contributed by atoms with van der Waals surface area (Å²) in [6, 6.07) is 4.81. The molecule has 0 fully saturated rings. The second kappa shape index (κ2) is 8.13. The number of benzene rings is 1. The Bertz CT molecular complexity index is 1060. The van der Waals surface area contributed by atoms with E-state index in [1.807, 2.05) is 0 Å². The molecule has 144 valence electrons. The van der Waals surface area contributed by atoms with E-state index in [2.05, 4.69) is 30.8 Å². The number of nitrogens with one attached hydrogen (secondary N) is 4. The Balaban J connectivity index is 1.82. The predicted octanol–water partition coefficient (Wildman–Crippen LogP) is 4.90. The van der Waals surface area contributed by atoms with Gasteiger partial charge in [0, 0.05) is 29.1 Å². The molecule has 0 aliphatic heterocycles. The lowest BCUT2D eigenvalue weighted by Gasteiger charge is -2.08. The van der Waals surface area contributed by atoms with Gasteiger partial charge < -0.3 is 16.0 Å². The van der Waals surface area contributed by atoms with Crippen LogP contribution >= 0.6 is 11.6 Å². The van der Waals surface area contributed by atoms with Crippen LogP contribution in [0.2, 0.25) is 5.02 Å². The van der Waals surface area contributed by atoms with E-state index in [9.17, 15) is 8.78 Å². The van der Waals surface area contributed by atoms with Gasteiger partial charge in [-0.3, -0.25) is 5.10 Å². The summed E-state index contributed by atoms with van der Waals surface area (Å²) in [6.45, 7) is 3.47. The number of rotatable bonds is 6. The zero-order valence-electron chi connectivity index (χ0n) is 14.9. The number of aromatic nitrogens is 4. The van der Waals surface area contributed by atoms with Crippen molar-refractivity contribution in [2.45, 2.75) is 13.8 Å². The zero-order chi connectivity index (χ0) is 20.3. The van der Waals surface area contributed by atoms with Gasteiger partial charge >= 0.3 is 0 Å². The van der Waals surface area contributed by atoms with Crippen LogP contribution in [0.4, 0.5) is 26.2 Å². The molecular weight excluding hydrogens is 388 g/mol. The van der Waals surface area contributed by atoms with Gasteiger partial charge in [-0.1, -0.05) is 11.6 Å². The second-order valence-electron chi connectivity index (χ2n) is 5.93. The lowest BCUT2D eigenvalue weighted by molar-refractivity contribution is 0.585. The van der Waals surface area contributed by atoms with Crippen LogP contribution in [-0.4, -0.2) is 25.9 Å². The molecule has 0 amide bonds. The van der Waals surface area contributed by atoms with Crippen LogP contribution in [0.3, 0.4) is 0 Å². The molecule has 0 aliphatic rings. The van der Waals surface area contributed by atoms with Gasteiger partial charge in [-0.05, 0) is 32.1 Å². The average molecular weight is 404 g/mol. The summed E-state index contributed by atoms with van der Waals surface area (Å²) >= 11 is 6.29. The number of allylic oxidation sites excluding steroid dienone is 2. The van der Waals surface area contributed by atoms with Gasteiger partial charge in [0.15, 0.2) is 5.82 Å². The summed E-state index contributed by atoms with van der Waals surface area (Å²) in [7, 11) is 0. The minimum Gasteiger partial charge on any atom is -0.344 e. The molecule has 4 N–H and O–H groups in total. The molecule has 0 atom stereocenters. The van der Waals surface area contributed by atoms with Gasteiger partial charge in [0.2, 0.25) is 0 Å². The number of aromatic amines is 1. The fourth-order valence-electron chi connectivity index (χ4n) is 2.46. The second-order valence-corrected chi connectivity index (χ2v) is 6.31. The number of anilines is 3. The molecule has 0 bridgehead atoms. The fourth-order valence-corrected chi connectivity index (χ4v) is 2.69. The van der Waals surface area contributed by atoms with E-state index in [4.69, 9.17) is 17.0 Å². The van der Waals surface area contributed by atoms with Crippen molar-refractivity contribution in [3.05, 3.63) is 59.0 Å². The van der Waals surface area contributed by atoms with Crippen molar-refractivity contribution >= 4 is 34.8 Å². The molecule has 2 aromatic heterocycles. The molecule has 0 saturated carbocycles. The van der Waals surface area contributed by atoms with Crippen molar-refractivity contribution < 1.29 is 8.78 Å². The lowest BCUT2D eigenvalue weighted by Crippen LogP contribution is -2.02. The van der Waals surface area contributed by atoms with Crippen molar-refractivity contribution in [1.29, 1.82) is 5.41 Å². The summed E-state index contributed by atoms with van der Waals surface area (Å²) in [5.74, 6) is -0.304. The van der Waals surface area contributed by atoms with E-state index in [1.54, 1.807) is 26.0 Å². The third kappa shape index (κ3) is 4.49. The van der Waals surface area contributed by atoms with Gasteiger partial charge in [0.1, 0.15) is 34.6 Å². The Morgan fingerprint density at radius 1 is 1.18 bits per heavy atom. The van der Waals surface area contributed by atoms with Crippen LogP contribution in [0, 0.1) is 17.0 Å². The van der Waals surface area contributed by atoms with E-state index in [0.29, 0.717) is 17.3 Å². The van der Waals surface area contributed by atoms with E-state index >= 15 is 0 Å². The van der Waals surface area contributed by atoms with Crippen LogP contribution in [0.1, 0.15) is 13.8 Å². The average Bonchev–Trinajstić information content (AvgIpc) is 2.95. The van der Waals surface area contributed by atoms with Crippen molar-refractivity contribution in [2.75, 3.05) is 10.6 Å². The molecule has 2 heterocycles. The largest absolute Gasteiger partial charge is 0.344 e. The van der Waals surface area contributed by atoms with Crippen molar-refractivity contribution in [1.82, 2.24) is 20.2 Å². The number of nitrogens with zero attached hydrogens (tertiary/aromatic N) is 3. The van der Waals surface area contributed by atoms with Crippen molar-refractivity contribution in [3.63, 3.8) is 0 Å². The fraction of sp³-hybridized carbons (Fsp3) is 0.111. The first kappa shape index (κ1) is 19.4. The zero-order valence-corrected chi connectivity index (χ0v) is 15.7. The van der Waals surface area contributed by atoms with E-state index in [1.165, 1.54) is 12.4 Å². The van der Waals surface area contributed by atoms with E-state index in [-0.39, 0.29) is 22.1 Å². The quantitative estimate of drug-likeness (QED) is 0.438. The van der Waals surface area contributed by atoms with Gasteiger partial charge in [-0.2, -0.15) is 5.10 Å². The standard InChI is InChI=1S/C18H16ClF2N7/c1-9(22)5-10(2)25-14-7-15(24-8-23-14)26-18-16(19)17(27-28-18)12-4-3-11(20)6-13(12)21/h3-8,22H,1-2H3,(H3,23,24,25,26,27,28)/b10-5-,22-9?. The first-order valence-corrected chi connectivity index (χ1v) is 8.50. The summed E-state index contributed by atoms with van der Waals surface area (Å²) in [5.41, 5.74) is 1.46. The van der Waals surface area contributed by atoms with Crippen molar-refractivity contribution in [2.24, 2.45) is 0 Å². The third-order valence-electron chi connectivity index (χ3n) is 3.58. The maximum Gasteiger partial charge on any atom is 0.172 e. The summed E-state index contributed by atoms with van der Waals surface area (Å²) < 4.78 is 27.1. The summed E-state index contributed by atoms with van der Waals surface area (Å²) in [5, 5.41) is 20.2. The molecule has 3 aromatic rings. The lowest BCUT2D eigenvalue weighted by atomic mass is 10.1. The van der Waals surface area contributed by atoms with Gasteiger partial charge in [-0.25, -0.2) is 18.7 Å². The SMILES string of the molecule is CC(=N)/C=C(/C)Nc1cc(Nc2n[nH]c(-c3ccc(F)cc3F)c2Cl)ncn1. The molecule has 7 nitrogen and oxygen atoms in total. The smallest absolute Gasteiger partial charge is 0.172 e. The van der Waals surface area contributed by atoms with Crippen LogP contribution in [0.5, 0.6) is 0 Å². The normalized spacial score (nSPS) is 11.4.